The lowest BCUT2D eigenvalue weighted by molar-refractivity contribution is -0.116. The standard InChI is InChI=1S/C26H33N3O4/c1-16(12-22(31)28-18-8-7-9-19(13-18)29-10-5-6-11-29)27-25(32)24-17(2)23-20(30)14-26(3,4)15-21(23)33-24/h7-9,13,16H,5-6,10-12,14-15H2,1-4H3,(H,27,32)(H,28,31). The molecule has 1 atom stereocenters. The monoisotopic (exact) mass is 451 g/mol. The maximum Gasteiger partial charge on any atom is 0.287 e. The molecule has 33 heavy (non-hydrogen) atoms. The van der Waals surface area contributed by atoms with Crippen LogP contribution in [0.5, 0.6) is 0 Å². The predicted octanol–water partition coefficient (Wildman–Crippen LogP) is 4.49. The summed E-state index contributed by atoms with van der Waals surface area (Å²) >= 11 is 0. The quantitative estimate of drug-likeness (QED) is 0.675. The van der Waals surface area contributed by atoms with Gasteiger partial charge in [0.1, 0.15) is 5.76 Å². The number of ketones is 1. The second-order valence-corrected chi connectivity index (χ2v) is 10.2. The molecule has 2 amide bonds. The van der Waals surface area contributed by atoms with Crippen molar-refractivity contribution in [1.82, 2.24) is 5.32 Å². The van der Waals surface area contributed by atoms with Gasteiger partial charge in [-0.3, -0.25) is 14.4 Å². The number of anilines is 2. The Hall–Kier alpha value is -3.09. The molecule has 1 fully saturated rings. The van der Waals surface area contributed by atoms with E-state index in [1.165, 1.54) is 12.8 Å². The minimum Gasteiger partial charge on any atom is -0.455 e. The Balaban J connectivity index is 1.36. The molecule has 7 heteroatoms. The van der Waals surface area contributed by atoms with Gasteiger partial charge in [0.25, 0.3) is 5.91 Å². The number of hydrogen-bond donors (Lipinski definition) is 2. The van der Waals surface area contributed by atoms with Crippen molar-refractivity contribution in [2.75, 3.05) is 23.3 Å². The molecule has 1 aromatic carbocycles. The van der Waals surface area contributed by atoms with Crippen molar-refractivity contribution in [2.45, 2.75) is 65.8 Å². The lowest BCUT2D eigenvalue weighted by Crippen LogP contribution is -2.35. The number of carbonyl (C=O) groups is 3. The predicted molar refractivity (Wildman–Crippen MR) is 128 cm³/mol. The molecule has 2 N–H and O–H groups in total. The zero-order valence-corrected chi connectivity index (χ0v) is 19.9. The first-order valence-corrected chi connectivity index (χ1v) is 11.7. The molecule has 1 aromatic heterocycles. The first-order chi connectivity index (χ1) is 15.6. The van der Waals surface area contributed by atoms with Crippen molar-refractivity contribution >= 4 is 29.0 Å². The highest BCUT2D eigenvalue weighted by Crippen LogP contribution is 2.38. The molecule has 1 aliphatic heterocycles. The van der Waals surface area contributed by atoms with Gasteiger partial charge in [-0.15, -0.1) is 0 Å². The Bertz CT molecular complexity index is 1080. The summed E-state index contributed by atoms with van der Waals surface area (Å²) in [5.74, 6) is 0.196. The van der Waals surface area contributed by atoms with Gasteiger partial charge in [0, 0.05) is 55.3 Å². The largest absolute Gasteiger partial charge is 0.455 e. The van der Waals surface area contributed by atoms with Gasteiger partial charge in [-0.25, -0.2) is 0 Å². The average molecular weight is 452 g/mol. The van der Waals surface area contributed by atoms with E-state index in [-0.39, 0.29) is 29.3 Å². The van der Waals surface area contributed by atoms with Crippen LogP contribution in [0.3, 0.4) is 0 Å². The summed E-state index contributed by atoms with van der Waals surface area (Å²) in [6, 6.07) is 7.46. The van der Waals surface area contributed by atoms with Crippen LogP contribution in [0.1, 0.15) is 78.7 Å². The first kappa shape index (κ1) is 23.1. The minimum atomic E-state index is -0.399. The number of carbonyl (C=O) groups excluding carboxylic acids is 3. The highest BCUT2D eigenvalue weighted by molar-refractivity contribution is 6.04. The molecule has 2 aromatic rings. The van der Waals surface area contributed by atoms with E-state index in [9.17, 15) is 14.4 Å². The van der Waals surface area contributed by atoms with Gasteiger partial charge in [0.05, 0.1) is 5.56 Å². The number of nitrogens with one attached hydrogen (secondary N) is 2. The third-order valence-electron chi connectivity index (χ3n) is 6.45. The van der Waals surface area contributed by atoms with Crippen molar-refractivity contribution in [3.05, 3.63) is 46.9 Å². The van der Waals surface area contributed by atoms with E-state index in [4.69, 9.17) is 4.42 Å². The highest BCUT2D eigenvalue weighted by atomic mass is 16.4. The zero-order valence-electron chi connectivity index (χ0n) is 19.9. The van der Waals surface area contributed by atoms with Crippen molar-refractivity contribution in [3.8, 4) is 0 Å². The molecule has 1 aliphatic carbocycles. The van der Waals surface area contributed by atoms with Crippen LogP contribution in [-0.2, 0) is 11.2 Å². The lowest BCUT2D eigenvalue weighted by atomic mass is 9.76. The van der Waals surface area contributed by atoms with Crippen LogP contribution in [0.15, 0.2) is 28.7 Å². The molecule has 7 nitrogen and oxygen atoms in total. The Morgan fingerprint density at radius 1 is 1.18 bits per heavy atom. The summed E-state index contributed by atoms with van der Waals surface area (Å²) in [6.45, 7) is 9.65. The number of fused-ring (bicyclic) bond motifs is 1. The smallest absolute Gasteiger partial charge is 0.287 e. The zero-order chi connectivity index (χ0) is 23.8. The third kappa shape index (κ3) is 5.13. The minimum absolute atomic E-state index is 0.0186. The fourth-order valence-corrected chi connectivity index (χ4v) is 4.89. The summed E-state index contributed by atoms with van der Waals surface area (Å²) in [4.78, 5) is 40.3. The fourth-order valence-electron chi connectivity index (χ4n) is 4.89. The second-order valence-electron chi connectivity index (χ2n) is 10.2. The van der Waals surface area contributed by atoms with Crippen LogP contribution in [0.2, 0.25) is 0 Å². The van der Waals surface area contributed by atoms with Gasteiger partial charge >= 0.3 is 0 Å². The van der Waals surface area contributed by atoms with E-state index in [1.807, 2.05) is 32.0 Å². The molecule has 0 bridgehead atoms. The van der Waals surface area contributed by atoms with Gasteiger partial charge in [-0.05, 0) is 50.3 Å². The van der Waals surface area contributed by atoms with Crippen LogP contribution >= 0.6 is 0 Å². The summed E-state index contributed by atoms with van der Waals surface area (Å²) in [6.07, 6.45) is 3.58. The number of nitrogens with zero attached hydrogens (tertiary/aromatic N) is 1. The molecule has 0 spiro atoms. The van der Waals surface area contributed by atoms with Crippen LogP contribution in [0.25, 0.3) is 0 Å². The van der Waals surface area contributed by atoms with Crippen molar-refractivity contribution < 1.29 is 18.8 Å². The maximum absolute atomic E-state index is 12.8. The van der Waals surface area contributed by atoms with Crippen LogP contribution in [-0.4, -0.2) is 36.7 Å². The third-order valence-corrected chi connectivity index (χ3v) is 6.45. The number of rotatable bonds is 6. The van der Waals surface area contributed by atoms with E-state index in [1.54, 1.807) is 13.8 Å². The van der Waals surface area contributed by atoms with Crippen molar-refractivity contribution in [2.24, 2.45) is 5.41 Å². The van der Waals surface area contributed by atoms with Crippen LogP contribution in [0.4, 0.5) is 11.4 Å². The summed E-state index contributed by atoms with van der Waals surface area (Å²) < 4.78 is 5.83. The van der Waals surface area contributed by atoms with Gasteiger partial charge < -0.3 is 20.0 Å². The lowest BCUT2D eigenvalue weighted by Gasteiger charge is -2.27. The molecule has 0 radical (unpaired) electrons. The van der Waals surface area contributed by atoms with E-state index in [0.717, 1.165) is 24.5 Å². The fraction of sp³-hybridized carbons (Fsp3) is 0.500. The molecule has 1 unspecified atom stereocenters. The van der Waals surface area contributed by atoms with Crippen LogP contribution in [0, 0.1) is 12.3 Å². The summed E-state index contributed by atoms with van der Waals surface area (Å²) in [7, 11) is 0. The Labute approximate surface area is 194 Å². The number of amides is 2. The summed E-state index contributed by atoms with van der Waals surface area (Å²) in [5.41, 5.74) is 2.81. The Kier molecular flexibility index (Phi) is 6.32. The average Bonchev–Trinajstić information content (AvgIpc) is 3.35. The number of hydrogen-bond acceptors (Lipinski definition) is 5. The molecule has 1 saturated heterocycles. The van der Waals surface area contributed by atoms with E-state index < -0.39 is 11.9 Å². The molecule has 0 saturated carbocycles. The number of Topliss-reactive ketones (excluding diaryl/α,β-unsaturated/α-hetero) is 1. The highest BCUT2D eigenvalue weighted by Gasteiger charge is 2.37. The normalized spacial score (nSPS) is 18.1. The van der Waals surface area contributed by atoms with Gasteiger partial charge in [-0.2, -0.15) is 0 Å². The molecule has 4 rings (SSSR count). The Morgan fingerprint density at radius 2 is 1.91 bits per heavy atom. The molecule has 176 valence electrons. The van der Waals surface area contributed by atoms with E-state index >= 15 is 0 Å². The maximum atomic E-state index is 12.8. The summed E-state index contributed by atoms with van der Waals surface area (Å²) in [5, 5.41) is 5.77. The van der Waals surface area contributed by atoms with E-state index in [0.29, 0.717) is 29.7 Å². The van der Waals surface area contributed by atoms with Crippen molar-refractivity contribution in [1.29, 1.82) is 0 Å². The van der Waals surface area contributed by atoms with Gasteiger partial charge in [0.2, 0.25) is 5.91 Å². The number of benzene rings is 1. The molecular weight excluding hydrogens is 418 g/mol. The van der Waals surface area contributed by atoms with Crippen molar-refractivity contribution in [3.63, 3.8) is 0 Å². The Morgan fingerprint density at radius 3 is 2.64 bits per heavy atom. The van der Waals surface area contributed by atoms with Gasteiger partial charge in [0.15, 0.2) is 11.5 Å². The van der Waals surface area contributed by atoms with Gasteiger partial charge in [-0.1, -0.05) is 19.9 Å². The number of furan rings is 1. The molecule has 2 heterocycles. The molecular formula is C26H33N3O4. The topological polar surface area (TPSA) is 91.7 Å². The SMILES string of the molecule is Cc1c(C(=O)NC(C)CC(=O)Nc2cccc(N3CCCC3)c2)oc2c1C(=O)CC(C)(C)C2. The first-order valence-electron chi connectivity index (χ1n) is 11.7. The second kappa shape index (κ2) is 9.04. The van der Waals surface area contributed by atoms with Crippen LogP contribution < -0.4 is 15.5 Å². The van der Waals surface area contributed by atoms with E-state index in [2.05, 4.69) is 21.6 Å². The molecule has 2 aliphatic rings.